The maximum absolute atomic E-state index is 13.6. The Morgan fingerprint density at radius 1 is 1.20 bits per heavy atom. The number of likely N-dealkylation sites (tertiary alicyclic amines) is 1. The van der Waals surface area contributed by atoms with Crippen molar-refractivity contribution in [2.24, 2.45) is 0 Å². The topological polar surface area (TPSA) is 66.5 Å². The number of aryl methyl sites for hydroxylation is 1. The zero-order valence-electron chi connectivity index (χ0n) is 13.8. The van der Waals surface area contributed by atoms with Gasteiger partial charge >= 0.3 is 0 Å². The number of hydrogen-bond acceptors (Lipinski definition) is 4. The predicted molar refractivity (Wildman–Crippen MR) is 96.0 cm³/mol. The number of nitrogens with one attached hydrogen (secondary N) is 1. The van der Waals surface area contributed by atoms with Gasteiger partial charge in [-0.2, -0.15) is 0 Å². The van der Waals surface area contributed by atoms with E-state index in [2.05, 4.69) is 4.72 Å². The summed E-state index contributed by atoms with van der Waals surface area (Å²) in [7, 11) is -3.86. The first-order chi connectivity index (χ1) is 11.9. The fraction of sp³-hybridized carbons (Fsp3) is 0.353. The number of piperidine rings is 1. The van der Waals surface area contributed by atoms with E-state index in [4.69, 9.17) is 0 Å². The predicted octanol–water partition coefficient (Wildman–Crippen LogP) is 3.62. The van der Waals surface area contributed by atoms with Gasteiger partial charge in [-0.25, -0.2) is 12.8 Å². The Kier molecular flexibility index (Phi) is 5.10. The number of hydrogen-bond donors (Lipinski definition) is 1. The molecule has 2 heterocycles. The molecule has 1 aliphatic heterocycles. The third-order valence-corrected chi connectivity index (χ3v) is 6.98. The Balaban J connectivity index is 1.77. The van der Waals surface area contributed by atoms with Gasteiger partial charge in [0.25, 0.3) is 15.9 Å². The smallest absolute Gasteiger partial charge is 0.271 e. The fourth-order valence-corrected chi connectivity index (χ4v) is 4.91. The van der Waals surface area contributed by atoms with Crippen molar-refractivity contribution in [3.63, 3.8) is 0 Å². The van der Waals surface area contributed by atoms with Crippen molar-refractivity contribution in [2.45, 2.75) is 30.4 Å². The Morgan fingerprint density at radius 3 is 2.60 bits per heavy atom. The maximum atomic E-state index is 13.6. The molecule has 0 atom stereocenters. The van der Waals surface area contributed by atoms with Gasteiger partial charge < -0.3 is 4.90 Å². The highest BCUT2D eigenvalue weighted by atomic mass is 32.2. The van der Waals surface area contributed by atoms with Gasteiger partial charge in [-0.3, -0.25) is 9.52 Å². The van der Waals surface area contributed by atoms with E-state index >= 15 is 0 Å². The van der Waals surface area contributed by atoms with Gasteiger partial charge in [0, 0.05) is 18.5 Å². The third kappa shape index (κ3) is 4.01. The molecule has 1 aromatic carbocycles. The lowest BCUT2D eigenvalue weighted by atomic mass is 10.1. The molecule has 25 heavy (non-hydrogen) atoms. The quantitative estimate of drug-likeness (QED) is 0.878. The highest BCUT2D eigenvalue weighted by Crippen LogP contribution is 2.25. The van der Waals surface area contributed by atoms with E-state index in [1.165, 1.54) is 18.2 Å². The summed E-state index contributed by atoms with van der Waals surface area (Å²) < 4.78 is 40.9. The molecular weight excluding hydrogens is 363 g/mol. The van der Waals surface area contributed by atoms with Crippen LogP contribution in [0.4, 0.5) is 10.1 Å². The molecule has 1 aromatic heterocycles. The molecule has 0 spiro atoms. The number of amides is 1. The van der Waals surface area contributed by atoms with Gasteiger partial charge in [-0.1, -0.05) is 6.07 Å². The monoisotopic (exact) mass is 382 g/mol. The molecule has 134 valence electrons. The van der Waals surface area contributed by atoms with Crippen molar-refractivity contribution in [2.75, 3.05) is 17.8 Å². The van der Waals surface area contributed by atoms with Crippen molar-refractivity contribution in [1.82, 2.24) is 4.90 Å². The van der Waals surface area contributed by atoms with E-state index in [0.717, 1.165) is 36.7 Å². The molecule has 1 N–H and O–H groups in total. The minimum Gasteiger partial charge on any atom is -0.339 e. The summed E-state index contributed by atoms with van der Waals surface area (Å²) in [4.78, 5) is 14.2. The lowest BCUT2D eigenvalue weighted by Crippen LogP contribution is -2.35. The summed E-state index contributed by atoms with van der Waals surface area (Å²) in [5.74, 6) is -0.619. The molecule has 1 saturated heterocycles. The van der Waals surface area contributed by atoms with Crippen LogP contribution in [0.15, 0.2) is 33.9 Å². The van der Waals surface area contributed by atoms with E-state index < -0.39 is 15.8 Å². The number of halogens is 1. The molecule has 2 aromatic rings. The highest BCUT2D eigenvalue weighted by Gasteiger charge is 2.23. The zero-order chi connectivity index (χ0) is 18.0. The standard InChI is InChI=1S/C17H19FN2O3S2/c1-12-5-6-14(10-15(12)18)19-25(22,23)16-9-13(11-24-16)17(21)20-7-3-2-4-8-20/h5-6,9-11,19H,2-4,7-8H2,1H3. The van der Waals surface area contributed by atoms with Crippen LogP contribution in [0.3, 0.4) is 0 Å². The lowest BCUT2D eigenvalue weighted by molar-refractivity contribution is 0.0725. The molecule has 5 nitrogen and oxygen atoms in total. The number of rotatable bonds is 4. The minimum absolute atomic E-state index is 0.0360. The number of thiophene rings is 1. The van der Waals surface area contributed by atoms with Crippen molar-refractivity contribution < 1.29 is 17.6 Å². The number of anilines is 1. The average molecular weight is 382 g/mol. The molecule has 0 aliphatic carbocycles. The van der Waals surface area contributed by atoms with Gasteiger partial charge in [0.05, 0.1) is 11.3 Å². The first kappa shape index (κ1) is 17.9. The van der Waals surface area contributed by atoms with Crippen LogP contribution in [-0.4, -0.2) is 32.3 Å². The first-order valence-corrected chi connectivity index (χ1v) is 10.4. The van der Waals surface area contributed by atoms with Crippen LogP contribution >= 0.6 is 11.3 Å². The van der Waals surface area contributed by atoms with Crippen LogP contribution in [0.1, 0.15) is 35.2 Å². The van der Waals surface area contributed by atoms with Gasteiger partial charge in [-0.05, 0) is 49.9 Å². The van der Waals surface area contributed by atoms with Crippen molar-refractivity contribution in [3.05, 3.63) is 46.6 Å². The summed E-state index contributed by atoms with van der Waals surface area (Å²) in [5, 5.41) is 1.56. The second-order valence-corrected chi connectivity index (χ2v) is 8.90. The number of benzene rings is 1. The molecule has 1 aliphatic rings. The van der Waals surface area contributed by atoms with E-state index in [1.807, 2.05) is 0 Å². The molecule has 0 saturated carbocycles. The van der Waals surface area contributed by atoms with Gasteiger partial charge in [0.15, 0.2) is 0 Å². The molecule has 1 amide bonds. The van der Waals surface area contributed by atoms with Crippen molar-refractivity contribution in [3.8, 4) is 0 Å². The van der Waals surface area contributed by atoms with E-state index in [9.17, 15) is 17.6 Å². The Hall–Kier alpha value is -1.93. The molecule has 0 radical (unpaired) electrons. The summed E-state index contributed by atoms with van der Waals surface area (Å²) in [6.45, 7) is 3.01. The highest BCUT2D eigenvalue weighted by molar-refractivity contribution is 7.94. The van der Waals surface area contributed by atoms with Gasteiger partial charge in [0.2, 0.25) is 0 Å². The van der Waals surface area contributed by atoms with Crippen LogP contribution < -0.4 is 4.72 Å². The number of nitrogens with zero attached hydrogens (tertiary/aromatic N) is 1. The molecular formula is C17H19FN2O3S2. The Labute approximate surface area is 150 Å². The SMILES string of the molecule is Cc1ccc(NS(=O)(=O)c2cc(C(=O)N3CCCCC3)cs2)cc1F. The molecule has 0 bridgehead atoms. The molecule has 3 rings (SSSR count). The molecule has 1 fully saturated rings. The lowest BCUT2D eigenvalue weighted by Gasteiger charge is -2.26. The second kappa shape index (κ2) is 7.13. The van der Waals surface area contributed by atoms with Crippen LogP contribution in [-0.2, 0) is 10.0 Å². The maximum Gasteiger partial charge on any atom is 0.271 e. The summed E-state index contributed by atoms with van der Waals surface area (Å²) in [6.07, 6.45) is 3.06. The second-order valence-electron chi connectivity index (χ2n) is 6.08. The summed E-state index contributed by atoms with van der Waals surface area (Å²) in [5.41, 5.74) is 0.969. The normalized spacial score (nSPS) is 15.2. The third-order valence-electron chi connectivity index (χ3n) is 4.15. The van der Waals surface area contributed by atoms with Crippen LogP contribution in [0.2, 0.25) is 0 Å². The summed E-state index contributed by atoms with van der Waals surface area (Å²) in [6, 6.07) is 5.53. The van der Waals surface area contributed by atoms with Crippen molar-refractivity contribution in [1.29, 1.82) is 0 Å². The molecule has 0 unspecified atom stereocenters. The average Bonchev–Trinajstić information content (AvgIpc) is 3.09. The van der Waals surface area contributed by atoms with Crippen LogP contribution in [0, 0.1) is 12.7 Å². The zero-order valence-corrected chi connectivity index (χ0v) is 15.4. The molecule has 8 heteroatoms. The number of carbonyl (C=O) groups excluding carboxylic acids is 1. The van der Waals surface area contributed by atoms with E-state index in [-0.39, 0.29) is 15.8 Å². The number of sulfonamides is 1. The summed E-state index contributed by atoms with van der Waals surface area (Å²) >= 11 is 0.984. The van der Waals surface area contributed by atoms with Crippen LogP contribution in [0.5, 0.6) is 0 Å². The minimum atomic E-state index is -3.86. The van der Waals surface area contributed by atoms with Gasteiger partial charge in [-0.15, -0.1) is 11.3 Å². The van der Waals surface area contributed by atoms with Gasteiger partial charge in [0.1, 0.15) is 10.0 Å². The Bertz CT molecular complexity index is 887. The fourth-order valence-electron chi connectivity index (χ4n) is 2.71. The van der Waals surface area contributed by atoms with Crippen molar-refractivity contribution >= 4 is 33.0 Å². The first-order valence-electron chi connectivity index (χ1n) is 8.03. The number of carbonyl (C=O) groups is 1. The van der Waals surface area contributed by atoms with Crippen LogP contribution in [0.25, 0.3) is 0 Å². The Morgan fingerprint density at radius 2 is 1.92 bits per heavy atom. The van der Waals surface area contributed by atoms with E-state index in [0.29, 0.717) is 24.2 Å². The largest absolute Gasteiger partial charge is 0.339 e. The van der Waals surface area contributed by atoms with E-state index in [1.54, 1.807) is 17.2 Å².